The predicted octanol–water partition coefficient (Wildman–Crippen LogP) is 1.27. The molecule has 1 aliphatic rings. The SMILES string of the molecule is COc1cc(OC)cc([C@H](NC(=O)CN2CCCC2=O)c2nccn2C)c1. The summed E-state index contributed by atoms with van der Waals surface area (Å²) in [5, 5.41) is 3.00. The minimum absolute atomic E-state index is 0.0155. The van der Waals surface area contributed by atoms with Crippen LogP contribution in [0.15, 0.2) is 30.6 Å². The quantitative estimate of drug-likeness (QED) is 0.791. The highest BCUT2D eigenvalue weighted by molar-refractivity contribution is 5.86. The number of nitrogens with one attached hydrogen (secondary N) is 1. The molecule has 8 nitrogen and oxygen atoms in total. The molecule has 2 amide bonds. The number of likely N-dealkylation sites (tertiary alicyclic amines) is 1. The average Bonchev–Trinajstić information content (AvgIpc) is 3.27. The van der Waals surface area contributed by atoms with Crippen molar-refractivity contribution >= 4 is 11.8 Å². The third kappa shape index (κ3) is 4.21. The van der Waals surface area contributed by atoms with Crippen LogP contribution in [0.3, 0.4) is 0 Å². The number of aromatic nitrogens is 2. The van der Waals surface area contributed by atoms with Gasteiger partial charge in [-0.25, -0.2) is 4.98 Å². The number of methoxy groups -OCH3 is 2. The fourth-order valence-corrected chi connectivity index (χ4v) is 3.20. The zero-order valence-electron chi connectivity index (χ0n) is 15.8. The smallest absolute Gasteiger partial charge is 0.240 e. The Morgan fingerprint density at radius 3 is 2.48 bits per heavy atom. The van der Waals surface area contributed by atoms with E-state index in [1.165, 1.54) is 0 Å². The van der Waals surface area contributed by atoms with Crippen molar-refractivity contribution < 1.29 is 19.1 Å². The van der Waals surface area contributed by atoms with Crippen molar-refractivity contribution in [1.29, 1.82) is 0 Å². The van der Waals surface area contributed by atoms with Gasteiger partial charge in [0.1, 0.15) is 23.4 Å². The highest BCUT2D eigenvalue weighted by Gasteiger charge is 2.26. The summed E-state index contributed by atoms with van der Waals surface area (Å²) in [6.07, 6.45) is 4.79. The molecule has 1 N–H and O–H groups in total. The summed E-state index contributed by atoms with van der Waals surface area (Å²) in [5.74, 6) is 1.69. The van der Waals surface area contributed by atoms with Crippen LogP contribution in [0.2, 0.25) is 0 Å². The van der Waals surface area contributed by atoms with Crippen molar-refractivity contribution in [2.45, 2.75) is 18.9 Å². The van der Waals surface area contributed by atoms with E-state index in [0.29, 0.717) is 30.3 Å². The van der Waals surface area contributed by atoms with E-state index in [0.717, 1.165) is 12.0 Å². The Kier molecular flexibility index (Phi) is 5.63. The number of carbonyl (C=O) groups is 2. The van der Waals surface area contributed by atoms with Crippen LogP contribution < -0.4 is 14.8 Å². The fourth-order valence-electron chi connectivity index (χ4n) is 3.20. The van der Waals surface area contributed by atoms with E-state index in [9.17, 15) is 9.59 Å². The molecule has 1 aromatic carbocycles. The van der Waals surface area contributed by atoms with Gasteiger partial charge >= 0.3 is 0 Å². The van der Waals surface area contributed by atoms with Gasteiger partial charge in [-0.15, -0.1) is 0 Å². The number of rotatable bonds is 7. The molecule has 0 saturated carbocycles. The molecule has 3 rings (SSSR count). The average molecular weight is 372 g/mol. The maximum atomic E-state index is 12.6. The molecule has 0 bridgehead atoms. The lowest BCUT2D eigenvalue weighted by atomic mass is 10.0. The third-order valence-electron chi connectivity index (χ3n) is 4.63. The van der Waals surface area contributed by atoms with Gasteiger partial charge in [-0.1, -0.05) is 0 Å². The number of nitrogens with zero attached hydrogens (tertiary/aromatic N) is 3. The summed E-state index contributed by atoms with van der Waals surface area (Å²) in [4.78, 5) is 30.4. The van der Waals surface area contributed by atoms with Gasteiger partial charge in [0.15, 0.2) is 0 Å². The molecule has 1 fully saturated rings. The first-order valence-electron chi connectivity index (χ1n) is 8.79. The first-order chi connectivity index (χ1) is 13.0. The number of ether oxygens (including phenoxy) is 2. The lowest BCUT2D eigenvalue weighted by Crippen LogP contribution is -2.40. The Hall–Kier alpha value is -3.03. The van der Waals surface area contributed by atoms with E-state index in [1.807, 2.05) is 29.9 Å². The minimum Gasteiger partial charge on any atom is -0.497 e. The van der Waals surface area contributed by atoms with Crippen LogP contribution in [-0.2, 0) is 16.6 Å². The van der Waals surface area contributed by atoms with Gasteiger partial charge in [-0.3, -0.25) is 9.59 Å². The van der Waals surface area contributed by atoms with Crippen LogP contribution in [0.1, 0.15) is 30.3 Å². The molecule has 0 spiro atoms. The number of benzene rings is 1. The molecule has 1 aromatic heterocycles. The predicted molar refractivity (Wildman–Crippen MR) is 98.6 cm³/mol. The van der Waals surface area contributed by atoms with Gasteiger partial charge in [0.05, 0.1) is 20.8 Å². The monoisotopic (exact) mass is 372 g/mol. The van der Waals surface area contributed by atoms with Crippen molar-refractivity contribution in [3.8, 4) is 11.5 Å². The van der Waals surface area contributed by atoms with Crippen LogP contribution in [0.4, 0.5) is 0 Å². The summed E-state index contributed by atoms with van der Waals surface area (Å²) >= 11 is 0. The molecule has 1 aliphatic heterocycles. The zero-order valence-corrected chi connectivity index (χ0v) is 15.8. The van der Waals surface area contributed by atoms with E-state index in [1.54, 1.807) is 31.4 Å². The van der Waals surface area contributed by atoms with Crippen LogP contribution >= 0.6 is 0 Å². The first-order valence-corrected chi connectivity index (χ1v) is 8.79. The molecular weight excluding hydrogens is 348 g/mol. The third-order valence-corrected chi connectivity index (χ3v) is 4.63. The van der Waals surface area contributed by atoms with Gasteiger partial charge in [-0.05, 0) is 24.1 Å². The molecule has 2 aromatic rings. The summed E-state index contributed by atoms with van der Waals surface area (Å²) in [6, 6.07) is 4.94. The number of imidazole rings is 1. The minimum atomic E-state index is -0.501. The zero-order chi connectivity index (χ0) is 19.4. The second-order valence-electron chi connectivity index (χ2n) is 6.46. The lowest BCUT2D eigenvalue weighted by molar-refractivity contribution is -0.133. The van der Waals surface area contributed by atoms with Crippen molar-refractivity contribution in [2.75, 3.05) is 27.3 Å². The van der Waals surface area contributed by atoms with Gasteiger partial charge in [0.2, 0.25) is 11.8 Å². The van der Waals surface area contributed by atoms with E-state index < -0.39 is 6.04 Å². The van der Waals surface area contributed by atoms with Crippen molar-refractivity contribution in [3.05, 3.63) is 42.0 Å². The van der Waals surface area contributed by atoms with Crippen molar-refractivity contribution in [1.82, 2.24) is 19.8 Å². The normalized spacial score (nSPS) is 14.9. The number of hydrogen-bond acceptors (Lipinski definition) is 5. The molecule has 0 aliphatic carbocycles. The Balaban J connectivity index is 1.89. The number of amides is 2. The van der Waals surface area contributed by atoms with E-state index in [4.69, 9.17) is 9.47 Å². The maximum absolute atomic E-state index is 12.6. The summed E-state index contributed by atoms with van der Waals surface area (Å²) < 4.78 is 12.5. The van der Waals surface area contributed by atoms with Gasteiger partial charge in [0.25, 0.3) is 0 Å². The summed E-state index contributed by atoms with van der Waals surface area (Å²) in [6.45, 7) is 0.660. The molecule has 2 heterocycles. The molecule has 0 unspecified atom stereocenters. The summed E-state index contributed by atoms with van der Waals surface area (Å²) in [5.41, 5.74) is 0.779. The van der Waals surface area contributed by atoms with Crippen LogP contribution in [0, 0.1) is 0 Å². The Morgan fingerprint density at radius 1 is 1.26 bits per heavy atom. The maximum Gasteiger partial charge on any atom is 0.240 e. The van der Waals surface area contributed by atoms with Crippen LogP contribution in [0.25, 0.3) is 0 Å². The molecule has 144 valence electrons. The highest BCUT2D eigenvalue weighted by atomic mass is 16.5. The van der Waals surface area contributed by atoms with Gasteiger partial charge < -0.3 is 24.3 Å². The van der Waals surface area contributed by atoms with E-state index in [-0.39, 0.29) is 18.4 Å². The second-order valence-corrected chi connectivity index (χ2v) is 6.46. The molecule has 1 saturated heterocycles. The Labute approximate surface area is 158 Å². The molecule has 8 heteroatoms. The Bertz CT molecular complexity index is 811. The fraction of sp³-hybridized carbons (Fsp3) is 0.421. The van der Waals surface area contributed by atoms with Crippen LogP contribution in [-0.4, -0.2) is 53.6 Å². The second kappa shape index (κ2) is 8.11. The first kappa shape index (κ1) is 18.8. The molecular formula is C19H24N4O4. The molecule has 0 radical (unpaired) electrons. The van der Waals surface area contributed by atoms with Crippen molar-refractivity contribution in [2.24, 2.45) is 7.05 Å². The number of hydrogen-bond donors (Lipinski definition) is 1. The number of aryl methyl sites for hydroxylation is 1. The lowest BCUT2D eigenvalue weighted by Gasteiger charge is -2.22. The topological polar surface area (TPSA) is 85.7 Å². The number of carbonyl (C=O) groups excluding carboxylic acids is 2. The Morgan fingerprint density at radius 2 is 1.96 bits per heavy atom. The molecule has 1 atom stereocenters. The van der Waals surface area contributed by atoms with Gasteiger partial charge in [-0.2, -0.15) is 0 Å². The van der Waals surface area contributed by atoms with Crippen LogP contribution in [0.5, 0.6) is 11.5 Å². The van der Waals surface area contributed by atoms with E-state index in [2.05, 4.69) is 10.3 Å². The standard InChI is InChI=1S/C19H24N4O4/c1-22-8-6-20-19(22)18(13-9-14(26-2)11-15(10-13)27-3)21-16(24)12-23-7-4-5-17(23)25/h6,8-11,18H,4-5,7,12H2,1-3H3,(H,21,24)/t18-/m0/s1. The summed E-state index contributed by atoms with van der Waals surface area (Å²) in [7, 11) is 5.01. The van der Waals surface area contributed by atoms with E-state index >= 15 is 0 Å². The highest BCUT2D eigenvalue weighted by Crippen LogP contribution is 2.29. The van der Waals surface area contributed by atoms with Crippen molar-refractivity contribution in [3.63, 3.8) is 0 Å². The van der Waals surface area contributed by atoms with Gasteiger partial charge in [0, 0.05) is 38.5 Å². The largest absolute Gasteiger partial charge is 0.497 e. The molecule has 27 heavy (non-hydrogen) atoms.